The summed E-state index contributed by atoms with van der Waals surface area (Å²) in [6, 6.07) is 21.9. The Morgan fingerprint density at radius 3 is 2.67 bits per heavy atom. The molecule has 0 aliphatic carbocycles. The quantitative estimate of drug-likeness (QED) is 0.258. The van der Waals surface area contributed by atoms with Crippen LogP contribution >= 0.6 is 11.6 Å². The van der Waals surface area contributed by atoms with Crippen LogP contribution in [0.25, 0.3) is 22.7 Å². The summed E-state index contributed by atoms with van der Waals surface area (Å²) in [5.74, 6) is -0.855. The van der Waals surface area contributed by atoms with Crippen LogP contribution in [0.15, 0.2) is 96.1 Å². The highest BCUT2D eigenvalue weighted by molar-refractivity contribution is 6.30. The van der Waals surface area contributed by atoms with E-state index in [1.54, 1.807) is 48.5 Å². The maximum absolute atomic E-state index is 13.3. The number of carbonyl (C=O) groups is 2. The Labute approximate surface area is 227 Å². The lowest BCUT2D eigenvalue weighted by Gasteiger charge is -2.18. The first-order chi connectivity index (χ1) is 18.9. The van der Waals surface area contributed by atoms with Crippen molar-refractivity contribution in [1.82, 2.24) is 30.5 Å². The molecule has 11 heteroatoms. The van der Waals surface area contributed by atoms with Gasteiger partial charge in [-0.2, -0.15) is 4.68 Å². The largest absolute Gasteiger partial charge is 0.340 e. The molecule has 0 aliphatic heterocycles. The molecule has 39 heavy (non-hydrogen) atoms. The molecular formula is C28H22ClN7O3. The number of anilines is 1. The van der Waals surface area contributed by atoms with Crippen molar-refractivity contribution < 1.29 is 9.59 Å². The second kappa shape index (κ2) is 11.5. The summed E-state index contributed by atoms with van der Waals surface area (Å²) in [7, 11) is 0. The maximum atomic E-state index is 13.3. The van der Waals surface area contributed by atoms with Crippen molar-refractivity contribution in [1.29, 1.82) is 0 Å². The molecule has 0 bridgehead atoms. The van der Waals surface area contributed by atoms with Crippen LogP contribution in [0.1, 0.15) is 11.1 Å². The average molecular weight is 540 g/mol. The molecule has 0 spiro atoms. The molecule has 2 aromatic heterocycles. The van der Waals surface area contributed by atoms with Crippen molar-refractivity contribution in [3.05, 3.63) is 118 Å². The molecule has 0 saturated carbocycles. The van der Waals surface area contributed by atoms with E-state index >= 15 is 0 Å². The van der Waals surface area contributed by atoms with Gasteiger partial charge in [0.25, 0.3) is 0 Å². The number of nitrogens with zero attached hydrogens (tertiary/aromatic N) is 4. The number of aromatic amines is 1. The Bertz CT molecular complexity index is 1720. The van der Waals surface area contributed by atoms with Crippen molar-refractivity contribution >= 4 is 46.1 Å². The minimum Gasteiger partial charge on any atom is -0.340 e. The number of hydrogen-bond acceptors (Lipinski definition) is 6. The van der Waals surface area contributed by atoms with Gasteiger partial charge in [0.1, 0.15) is 12.4 Å². The number of hydrogen-bond donors (Lipinski definition) is 3. The van der Waals surface area contributed by atoms with Gasteiger partial charge in [0.2, 0.25) is 17.4 Å². The van der Waals surface area contributed by atoms with Crippen LogP contribution in [-0.4, -0.2) is 43.0 Å². The summed E-state index contributed by atoms with van der Waals surface area (Å²) in [5, 5.41) is 18.1. The number of rotatable bonds is 8. The van der Waals surface area contributed by atoms with Crippen LogP contribution in [0.5, 0.6) is 0 Å². The molecular weight excluding hydrogens is 518 g/mol. The zero-order chi connectivity index (χ0) is 27.2. The molecule has 5 rings (SSSR count). The van der Waals surface area contributed by atoms with Crippen molar-refractivity contribution in [3.63, 3.8) is 0 Å². The molecule has 0 radical (unpaired) electrons. The van der Waals surface area contributed by atoms with Gasteiger partial charge in [0.05, 0.1) is 5.69 Å². The van der Waals surface area contributed by atoms with Gasteiger partial charge in [-0.25, -0.2) is 0 Å². The van der Waals surface area contributed by atoms with Gasteiger partial charge >= 0.3 is 0 Å². The van der Waals surface area contributed by atoms with Gasteiger partial charge in [-0.15, -0.1) is 5.10 Å². The van der Waals surface area contributed by atoms with Crippen LogP contribution in [0.3, 0.4) is 0 Å². The number of pyridine rings is 1. The van der Waals surface area contributed by atoms with E-state index in [1.807, 2.05) is 30.3 Å². The normalized spacial score (nSPS) is 11.9. The van der Waals surface area contributed by atoms with Crippen molar-refractivity contribution in [2.45, 2.75) is 12.5 Å². The molecule has 0 saturated heterocycles. The van der Waals surface area contributed by atoms with Crippen LogP contribution in [0.4, 0.5) is 5.69 Å². The van der Waals surface area contributed by atoms with E-state index in [0.717, 1.165) is 10.9 Å². The first-order valence-corrected chi connectivity index (χ1v) is 12.3. The topological polar surface area (TPSA) is 135 Å². The predicted molar refractivity (Wildman–Crippen MR) is 148 cm³/mol. The highest BCUT2D eigenvalue weighted by Crippen LogP contribution is 2.20. The summed E-state index contributed by atoms with van der Waals surface area (Å²) >= 11 is 6.17. The molecule has 3 N–H and O–H groups in total. The fraction of sp³-hybridized carbons (Fsp3) is 0.0714. The Kier molecular flexibility index (Phi) is 7.56. The van der Waals surface area contributed by atoms with Crippen molar-refractivity contribution in [2.24, 2.45) is 0 Å². The summed E-state index contributed by atoms with van der Waals surface area (Å²) in [6.45, 7) is 0. The number of halogens is 1. The molecule has 0 aliphatic rings. The average Bonchev–Trinajstić information content (AvgIpc) is 3.47. The third-order valence-electron chi connectivity index (χ3n) is 5.91. The number of H-pyrrole nitrogens is 1. The van der Waals surface area contributed by atoms with Gasteiger partial charge in [0.15, 0.2) is 0 Å². The first kappa shape index (κ1) is 25.6. The molecule has 10 nitrogen and oxygen atoms in total. The number of carbonyl (C=O) groups excluding carboxylic acids is 2. The monoisotopic (exact) mass is 539 g/mol. The highest BCUT2D eigenvalue weighted by Gasteiger charge is 2.21. The SMILES string of the molecule is O=C(C=Cc1cc(Cl)ccc1-n1cnnn1)NC(Cc1ccccc1)C(=O)Nc1ccc2[nH]c(=O)ccc2c1. The predicted octanol–water partition coefficient (Wildman–Crippen LogP) is 3.54. The molecule has 2 heterocycles. The molecule has 5 aromatic rings. The second-order valence-electron chi connectivity index (χ2n) is 8.66. The maximum Gasteiger partial charge on any atom is 0.248 e. The van der Waals surface area contributed by atoms with Crippen LogP contribution in [0, 0.1) is 0 Å². The Hall–Kier alpha value is -5.09. The fourth-order valence-electron chi connectivity index (χ4n) is 4.04. The summed E-state index contributed by atoms with van der Waals surface area (Å²) in [5.41, 5.74) is 3.11. The molecule has 194 valence electrons. The lowest BCUT2D eigenvalue weighted by molar-refractivity contribution is -0.123. The van der Waals surface area contributed by atoms with E-state index in [4.69, 9.17) is 11.6 Å². The Balaban J connectivity index is 1.36. The van der Waals surface area contributed by atoms with E-state index in [9.17, 15) is 14.4 Å². The Morgan fingerprint density at radius 1 is 1.03 bits per heavy atom. The number of fused-ring (bicyclic) bond motifs is 1. The van der Waals surface area contributed by atoms with Crippen molar-refractivity contribution in [2.75, 3.05) is 5.32 Å². The van der Waals surface area contributed by atoms with Crippen LogP contribution < -0.4 is 16.2 Å². The molecule has 0 fully saturated rings. The van der Waals surface area contributed by atoms with Gasteiger partial charge in [-0.1, -0.05) is 41.9 Å². The lowest BCUT2D eigenvalue weighted by atomic mass is 10.0. The van der Waals surface area contributed by atoms with Crippen LogP contribution in [0.2, 0.25) is 5.02 Å². The van der Waals surface area contributed by atoms with E-state index < -0.39 is 11.9 Å². The summed E-state index contributed by atoms with van der Waals surface area (Å²) in [6.07, 6.45) is 4.63. The summed E-state index contributed by atoms with van der Waals surface area (Å²) < 4.78 is 1.46. The van der Waals surface area contributed by atoms with E-state index in [-0.39, 0.29) is 17.9 Å². The standard InChI is InChI=1S/C28H22ClN7O3/c29-21-8-11-25(36-17-30-34-35-36)20(15-21)7-13-27(38)33-24(14-18-4-2-1-3-5-18)28(39)31-22-9-10-23-19(16-22)6-12-26(37)32-23/h1-13,15-17,24H,14H2,(H,31,39)(H,32,37)(H,33,38). The third kappa shape index (κ3) is 6.43. The lowest BCUT2D eigenvalue weighted by Crippen LogP contribution is -2.44. The van der Waals surface area contributed by atoms with E-state index in [1.165, 1.54) is 23.2 Å². The third-order valence-corrected chi connectivity index (χ3v) is 6.14. The van der Waals surface area contributed by atoms with E-state index in [0.29, 0.717) is 27.5 Å². The number of benzene rings is 3. The second-order valence-corrected chi connectivity index (χ2v) is 9.09. The van der Waals surface area contributed by atoms with Gasteiger partial charge < -0.3 is 15.6 Å². The molecule has 1 atom stereocenters. The van der Waals surface area contributed by atoms with Crippen molar-refractivity contribution in [3.8, 4) is 5.69 Å². The van der Waals surface area contributed by atoms with Crippen LogP contribution in [-0.2, 0) is 16.0 Å². The smallest absolute Gasteiger partial charge is 0.248 e. The number of aromatic nitrogens is 5. The zero-order valence-corrected chi connectivity index (χ0v) is 21.2. The minimum absolute atomic E-state index is 0.208. The van der Waals surface area contributed by atoms with Gasteiger partial charge in [-0.05, 0) is 64.5 Å². The molecule has 2 amide bonds. The van der Waals surface area contributed by atoms with Gasteiger partial charge in [-0.3, -0.25) is 14.4 Å². The van der Waals surface area contributed by atoms with E-state index in [2.05, 4.69) is 31.1 Å². The Morgan fingerprint density at radius 2 is 1.87 bits per heavy atom. The number of amides is 2. The first-order valence-electron chi connectivity index (χ1n) is 11.9. The van der Waals surface area contributed by atoms with Gasteiger partial charge in [0, 0.05) is 45.7 Å². The summed E-state index contributed by atoms with van der Waals surface area (Å²) in [4.78, 5) is 40.6. The number of tetrazole rings is 1. The minimum atomic E-state index is -0.867. The highest BCUT2D eigenvalue weighted by atomic mass is 35.5. The molecule has 1 unspecified atom stereocenters. The fourth-order valence-corrected chi connectivity index (χ4v) is 4.23. The molecule has 3 aromatic carbocycles. The zero-order valence-electron chi connectivity index (χ0n) is 20.4. The number of nitrogens with one attached hydrogen (secondary N) is 3.